The van der Waals surface area contributed by atoms with Crippen LogP contribution in [0.2, 0.25) is 0 Å². The van der Waals surface area contributed by atoms with E-state index in [1.165, 1.54) is 6.08 Å². The Bertz CT molecular complexity index is 172. The molecule has 0 aromatic heterocycles. The van der Waals surface area contributed by atoms with Crippen molar-refractivity contribution in [2.45, 2.75) is 13.8 Å². The molecule has 14 heavy (non-hydrogen) atoms. The molecule has 0 aliphatic carbocycles. The molecule has 1 saturated heterocycles. The Balaban J connectivity index is 0.000000791. The van der Waals surface area contributed by atoms with Gasteiger partial charge in [0.05, 0.1) is 6.54 Å². The van der Waals surface area contributed by atoms with Gasteiger partial charge < -0.3 is 4.90 Å². The number of rotatable bonds is 3. The van der Waals surface area contributed by atoms with E-state index in [-0.39, 0.29) is 5.78 Å². The molecule has 0 aromatic rings. The van der Waals surface area contributed by atoms with Crippen LogP contribution >= 0.6 is 0 Å². The van der Waals surface area contributed by atoms with Crippen LogP contribution in [-0.4, -0.2) is 55.4 Å². The van der Waals surface area contributed by atoms with Crippen molar-refractivity contribution >= 4 is 5.78 Å². The standard InChI is InChI=1S/C9H16N2O.C2H6/c1-3-9(12)8-11-6-4-10(2)5-7-11;1-2/h3H,1,4-8H2,2H3;1-2H3. The highest BCUT2D eigenvalue weighted by molar-refractivity contribution is 5.90. The molecular weight excluding hydrogens is 176 g/mol. The molecule has 0 radical (unpaired) electrons. The smallest absolute Gasteiger partial charge is 0.169 e. The van der Waals surface area contributed by atoms with Crippen molar-refractivity contribution in [3.63, 3.8) is 0 Å². The third kappa shape index (κ3) is 5.14. The summed E-state index contributed by atoms with van der Waals surface area (Å²) in [5.74, 6) is 0.125. The fourth-order valence-electron chi connectivity index (χ4n) is 1.29. The van der Waals surface area contributed by atoms with Crippen molar-refractivity contribution in [3.8, 4) is 0 Å². The van der Waals surface area contributed by atoms with Crippen molar-refractivity contribution in [1.29, 1.82) is 0 Å². The van der Waals surface area contributed by atoms with E-state index in [1.54, 1.807) is 0 Å². The van der Waals surface area contributed by atoms with Crippen LogP contribution < -0.4 is 0 Å². The van der Waals surface area contributed by atoms with Gasteiger partial charge >= 0.3 is 0 Å². The normalized spacial score (nSPS) is 18.2. The molecule has 0 amide bonds. The molecular formula is C11H22N2O. The lowest BCUT2D eigenvalue weighted by molar-refractivity contribution is -0.116. The van der Waals surface area contributed by atoms with Crippen LogP contribution in [0.25, 0.3) is 0 Å². The largest absolute Gasteiger partial charge is 0.304 e. The van der Waals surface area contributed by atoms with E-state index in [1.807, 2.05) is 13.8 Å². The third-order valence-corrected chi connectivity index (χ3v) is 2.20. The molecule has 1 aliphatic heterocycles. The quantitative estimate of drug-likeness (QED) is 0.632. The van der Waals surface area contributed by atoms with Crippen LogP contribution in [-0.2, 0) is 4.79 Å². The fraction of sp³-hybridized carbons (Fsp3) is 0.727. The SMILES string of the molecule is C=CC(=O)CN1CCN(C)CC1.CC. The summed E-state index contributed by atoms with van der Waals surface area (Å²) in [7, 11) is 2.10. The maximum Gasteiger partial charge on any atom is 0.169 e. The Kier molecular flexibility index (Phi) is 7.34. The highest BCUT2D eigenvalue weighted by Gasteiger charge is 2.14. The van der Waals surface area contributed by atoms with E-state index in [2.05, 4.69) is 23.4 Å². The van der Waals surface area contributed by atoms with Crippen LogP contribution in [0.15, 0.2) is 12.7 Å². The second-order valence-electron chi connectivity index (χ2n) is 3.25. The average molecular weight is 198 g/mol. The van der Waals surface area contributed by atoms with Crippen LogP contribution in [0, 0.1) is 0 Å². The topological polar surface area (TPSA) is 23.6 Å². The molecule has 0 bridgehead atoms. The van der Waals surface area contributed by atoms with E-state index in [9.17, 15) is 4.79 Å². The van der Waals surface area contributed by atoms with Gasteiger partial charge in [0.1, 0.15) is 0 Å². The summed E-state index contributed by atoms with van der Waals surface area (Å²) in [6.45, 7) is 12.1. The number of hydrogen-bond donors (Lipinski definition) is 0. The zero-order valence-corrected chi connectivity index (χ0v) is 9.62. The van der Waals surface area contributed by atoms with Gasteiger partial charge in [-0.25, -0.2) is 0 Å². The van der Waals surface area contributed by atoms with Gasteiger partial charge in [-0.05, 0) is 13.1 Å². The third-order valence-electron chi connectivity index (χ3n) is 2.20. The Morgan fingerprint density at radius 3 is 2.21 bits per heavy atom. The lowest BCUT2D eigenvalue weighted by Gasteiger charge is -2.31. The molecule has 0 spiro atoms. The van der Waals surface area contributed by atoms with E-state index in [0.717, 1.165) is 26.2 Å². The van der Waals surface area contributed by atoms with Gasteiger partial charge in [0.15, 0.2) is 5.78 Å². The van der Waals surface area contributed by atoms with Crippen molar-refractivity contribution in [1.82, 2.24) is 9.80 Å². The molecule has 1 rings (SSSR count). The minimum absolute atomic E-state index is 0.125. The Hall–Kier alpha value is -0.670. The first-order valence-corrected chi connectivity index (χ1v) is 5.28. The number of hydrogen-bond acceptors (Lipinski definition) is 3. The number of ketones is 1. The van der Waals surface area contributed by atoms with Gasteiger partial charge in [0.25, 0.3) is 0 Å². The Morgan fingerprint density at radius 2 is 1.79 bits per heavy atom. The van der Waals surface area contributed by atoms with Gasteiger partial charge in [-0.15, -0.1) is 0 Å². The maximum absolute atomic E-state index is 11.0. The van der Waals surface area contributed by atoms with Gasteiger partial charge in [0.2, 0.25) is 0 Å². The highest BCUT2D eigenvalue weighted by Crippen LogP contribution is 1.98. The predicted molar refractivity (Wildman–Crippen MR) is 60.5 cm³/mol. The summed E-state index contributed by atoms with van der Waals surface area (Å²) < 4.78 is 0. The molecule has 3 heteroatoms. The first-order chi connectivity index (χ1) is 6.72. The molecule has 3 nitrogen and oxygen atoms in total. The molecule has 1 heterocycles. The van der Waals surface area contributed by atoms with Gasteiger partial charge in [-0.2, -0.15) is 0 Å². The summed E-state index contributed by atoms with van der Waals surface area (Å²) in [4.78, 5) is 15.4. The van der Waals surface area contributed by atoms with Gasteiger partial charge in [-0.1, -0.05) is 20.4 Å². The molecule has 0 saturated carbocycles. The molecule has 0 unspecified atom stereocenters. The van der Waals surface area contributed by atoms with Crippen LogP contribution in [0.3, 0.4) is 0 Å². The van der Waals surface area contributed by atoms with E-state index >= 15 is 0 Å². The second-order valence-corrected chi connectivity index (χ2v) is 3.25. The number of carbonyl (C=O) groups excluding carboxylic acids is 1. The number of likely N-dealkylation sites (N-methyl/N-ethyl adjacent to an activating group) is 1. The van der Waals surface area contributed by atoms with E-state index in [0.29, 0.717) is 6.54 Å². The summed E-state index contributed by atoms with van der Waals surface area (Å²) in [5, 5.41) is 0. The number of carbonyl (C=O) groups is 1. The first kappa shape index (κ1) is 13.3. The van der Waals surface area contributed by atoms with E-state index in [4.69, 9.17) is 0 Å². The van der Waals surface area contributed by atoms with Crippen LogP contribution in [0.1, 0.15) is 13.8 Å². The summed E-state index contributed by atoms with van der Waals surface area (Å²) in [6, 6.07) is 0. The molecule has 0 atom stereocenters. The zero-order chi connectivity index (χ0) is 11.0. The number of nitrogens with zero attached hydrogens (tertiary/aromatic N) is 2. The van der Waals surface area contributed by atoms with Crippen molar-refractivity contribution in [2.75, 3.05) is 39.8 Å². The Morgan fingerprint density at radius 1 is 1.29 bits per heavy atom. The molecule has 82 valence electrons. The first-order valence-electron chi connectivity index (χ1n) is 5.28. The van der Waals surface area contributed by atoms with Crippen LogP contribution in [0.4, 0.5) is 0 Å². The monoisotopic (exact) mass is 198 g/mol. The zero-order valence-electron chi connectivity index (χ0n) is 9.62. The maximum atomic E-state index is 11.0. The summed E-state index contributed by atoms with van der Waals surface area (Å²) >= 11 is 0. The Labute approximate surface area is 87.4 Å². The lowest BCUT2D eigenvalue weighted by Crippen LogP contribution is -2.46. The molecule has 1 aliphatic rings. The lowest BCUT2D eigenvalue weighted by atomic mass is 10.3. The summed E-state index contributed by atoms with van der Waals surface area (Å²) in [6.07, 6.45) is 1.40. The minimum Gasteiger partial charge on any atom is -0.304 e. The predicted octanol–water partition coefficient (Wildman–Crippen LogP) is 1.02. The average Bonchev–Trinajstić information content (AvgIpc) is 2.24. The van der Waals surface area contributed by atoms with E-state index < -0.39 is 0 Å². The van der Waals surface area contributed by atoms with Crippen molar-refractivity contribution < 1.29 is 4.79 Å². The molecule has 1 fully saturated rings. The van der Waals surface area contributed by atoms with Crippen molar-refractivity contribution in [3.05, 3.63) is 12.7 Å². The van der Waals surface area contributed by atoms with Crippen LogP contribution in [0.5, 0.6) is 0 Å². The molecule has 0 N–H and O–H groups in total. The van der Waals surface area contributed by atoms with Gasteiger partial charge in [-0.3, -0.25) is 9.69 Å². The highest BCUT2D eigenvalue weighted by atomic mass is 16.1. The van der Waals surface area contributed by atoms with Crippen molar-refractivity contribution in [2.24, 2.45) is 0 Å². The second kappa shape index (κ2) is 7.71. The number of piperazine rings is 1. The minimum atomic E-state index is 0.125. The fourth-order valence-corrected chi connectivity index (χ4v) is 1.29. The summed E-state index contributed by atoms with van der Waals surface area (Å²) in [5.41, 5.74) is 0. The molecule has 0 aromatic carbocycles. The van der Waals surface area contributed by atoms with Gasteiger partial charge in [0, 0.05) is 26.2 Å².